The van der Waals surface area contributed by atoms with Gasteiger partial charge in [0.15, 0.2) is 5.16 Å². The molecule has 1 aliphatic carbocycles. The Kier molecular flexibility index (Phi) is 5.72. The first kappa shape index (κ1) is 19.7. The van der Waals surface area contributed by atoms with Crippen molar-refractivity contribution in [1.29, 1.82) is 0 Å². The van der Waals surface area contributed by atoms with E-state index in [0.29, 0.717) is 5.92 Å². The highest BCUT2D eigenvalue weighted by atomic mass is 32.2. The monoisotopic (exact) mass is 406 g/mol. The molecule has 1 N–H and O–H groups in total. The summed E-state index contributed by atoms with van der Waals surface area (Å²) in [6, 6.07) is 16.0. The van der Waals surface area contributed by atoms with E-state index >= 15 is 0 Å². The average molecular weight is 407 g/mol. The van der Waals surface area contributed by atoms with Gasteiger partial charge in [0.1, 0.15) is 11.1 Å². The maximum absolute atomic E-state index is 13.3. The topological polar surface area (TPSA) is 59.8 Å². The number of nitrogens with zero attached hydrogens (tertiary/aromatic N) is 3. The zero-order valence-corrected chi connectivity index (χ0v) is 17.9. The van der Waals surface area contributed by atoms with Crippen LogP contribution in [0.1, 0.15) is 53.4 Å². The Bertz CT molecular complexity index is 1010. The van der Waals surface area contributed by atoms with Gasteiger partial charge in [-0.3, -0.25) is 4.79 Å². The molecule has 0 spiro atoms. The molecule has 5 nitrogen and oxygen atoms in total. The molecule has 6 heteroatoms. The van der Waals surface area contributed by atoms with Crippen molar-refractivity contribution in [2.75, 3.05) is 5.32 Å². The summed E-state index contributed by atoms with van der Waals surface area (Å²) in [5.74, 6) is 1.53. The van der Waals surface area contributed by atoms with Gasteiger partial charge < -0.3 is 9.88 Å². The fourth-order valence-electron chi connectivity index (χ4n) is 3.40. The van der Waals surface area contributed by atoms with E-state index in [2.05, 4.69) is 33.1 Å². The SMILES string of the molecule is CCn1c(S[C@@H](C(=O)Nc2cc(C)ccc2C)c2ccccc2)nnc1C1CC1. The number of carbonyl (C=O) groups excluding carboxylic acids is 1. The number of anilines is 1. The third-order valence-electron chi connectivity index (χ3n) is 5.22. The fraction of sp³-hybridized carbons (Fsp3) is 0.348. The van der Waals surface area contributed by atoms with Gasteiger partial charge in [-0.2, -0.15) is 0 Å². The zero-order valence-electron chi connectivity index (χ0n) is 17.1. The smallest absolute Gasteiger partial charge is 0.242 e. The molecular weight excluding hydrogens is 380 g/mol. The van der Waals surface area contributed by atoms with Gasteiger partial charge in [-0.15, -0.1) is 10.2 Å². The van der Waals surface area contributed by atoms with Crippen molar-refractivity contribution < 1.29 is 4.79 Å². The first-order valence-electron chi connectivity index (χ1n) is 10.1. The summed E-state index contributed by atoms with van der Waals surface area (Å²) in [5.41, 5.74) is 3.98. The summed E-state index contributed by atoms with van der Waals surface area (Å²) in [7, 11) is 0. The molecule has 0 aliphatic heterocycles. The van der Waals surface area contributed by atoms with Crippen molar-refractivity contribution in [2.24, 2.45) is 0 Å². The summed E-state index contributed by atoms with van der Waals surface area (Å²) in [5, 5.41) is 12.4. The number of carbonyl (C=O) groups is 1. The minimum absolute atomic E-state index is 0.0477. The van der Waals surface area contributed by atoms with Gasteiger partial charge in [-0.25, -0.2) is 0 Å². The van der Waals surface area contributed by atoms with Crippen LogP contribution in [0, 0.1) is 13.8 Å². The summed E-state index contributed by atoms with van der Waals surface area (Å²) in [4.78, 5) is 13.3. The van der Waals surface area contributed by atoms with Crippen LogP contribution in [0.4, 0.5) is 5.69 Å². The molecule has 0 radical (unpaired) electrons. The molecule has 2 aromatic carbocycles. The Hall–Kier alpha value is -2.60. The Balaban J connectivity index is 1.64. The maximum Gasteiger partial charge on any atom is 0.242 e. The van der Waals surface area contributed by atoms with Gasteiger partial charge in [0.05, 0.1) is 0 Å². The molecule has 4 rings (SSSR count). The molecule has 0 saturated heterocycles. The van der Waals surface area contributed by atoms with Gasteiger partial charge in [-0.05, 0) is 56.4 Å². The second-order valence-electron chi connectivity index (χ2n) is 7.58. The van der Waals surface area contributed by atoms with Crippen molar-refractivity contribution in [3.05, 3.63) is 71.0 Å². The number of hydrogen-bond donors (Lipinski definition) is 1. The lowest BCUT2D eigenvalue weighted by atomic mass is 10.1. The number of hydrogen-bond acceptors (Lipinski definition) is 4. The zero-order chi connectivity index (χ0) is 20.4. The van der Waals surface area contributed by atoms with Gasteiger partial charge in [0.2, 0.25) is 5.91 Å². The van der Waals surface area contributed by atoms with E-state index in [9.17, 15) is 4.79 Å². The van der Waals surface area contributed by atoms with Crippen LogP contribution in [0.15, 0.2) is 53.7 Å². The van der Waals surface area contributed by atoms with E-state index in [4.69, 9.17) is 0 Å². The standard InChI is InChI=1S/C23H26N4OS/c1-4-27-21(18-12-13-18)25-26-23(27)29-20(17-8-6-5-7-9-17)22(28)24-19-14-15(2)10-11-16(19)3/h5-11,14,18,20H,4,12-13H2,1-3H3,(H,24,28)/t20-/m1/s1. The molecule has 0 bridgehead atoms. The summed E-state index contributed by atoms with van der Waals surface area (Å²) >= 11 is 1.47. The molecular formula is C23H26N4OS. The van der Waals surface area contributed by atoms with Crippen LogP contribution in [-0.2, 0) is 11.3 Å². The predicted molar refractivity (Wildman–Crippen MR) is 117 cm³/mol. The molecule has 1 atom stereocenters. The van der Waals surface area contributed by atoms with Crippen molar-refractivity contribution in [3.8, 4) is 0 Å². The van der Waals surface area contributed by atoms with Crippen LogP contribution in [0.2, 0.25) is 0 Å². The molecule has 29 heavy (non-hydrogen) atoms. The lowest BCUT2D eigenvalue weighted by Gasteiger charge is -2.18. The quantitative estimate of drug-likeness (QED) is 0.544. The van der Waals surface area contributed by atoms with Crippen LogP contribution in [0.5, 0.6) is 0 Å². The third kappa shape index (κ3) is 4.37. The van der Waals surface area contributed by atoms with Crippen molar-refractivity contribution in [3.63, 3.8) is 0 Å². The summed E-state index contributed by atoms with van der Waals surface area (Å²) < 4.78 is 2.16. The number of benzene rings is 2. The van der Waals surface area contributed by atoms with E-state index in [-0.39, 0.29) is 5.91 Å². The predicted octanol–water partition coefficient (Wildman–Crippen LogP) is 5.26. The minimum Gasteiger partial charge on any atom is -0.325 e. The summed E-state index contributed by atoms with van der Waals surface area (Å²) in [6.45, 7) is 6.95. The second-order valence-corrected chi connectivity index (χ2v) is 8.65. The van der Waals surface area contributed by atoms with E-state index in [1.807, 2.05) is 56.3 Å². The number of rotatable bonds is 7. The number of thioether (sulfide) groups is 1. The lowest BCUT2D eigenvalue weighted by Crippen LogP contribution is -2.20. The summed E-state index contributed by atoms with van der Waals surface area (Å²) in [6.07, 6.45) is 2.36. The highest BCUT2D eigenvalue weighted by Gasteiger charge is 2.32. The molecule has 1 fully saturated rings. The Morgan fingerprint density at radius 1 is 1.17 bits per heavy atom. The highest BCUT2D eigenvalue weighted by molar-refractivity contribution is 8.00. The Labute approximate surface area is 175 Å². The molecule has 0 unspecified atom stereocenters. The molecule has 1 heterocycles. The van der Waals surface area contributed by atoms with Crippen molar-refractivity contribution in [2.45, 2.75) is 56.5 Å². The third-order valence-corrected chi connectivity index (χ3v) is 6.45. The lowest BCUT2D eigenvalue weighted by molar-refractivity contribution is -0.115. The first-order valence-corrected chi connectivity index (χ1v) is 11.0. The van der Waals surface area contributed by atoms with Crippen LogP contribution in [-0.4, -0.2) is 20.7 Å². The number of aromatic nitrogens is 3. The maximum atomic E-state index is 13.3. The molecule has 1 aromatic heterocycles. The molecule has 150 valence electrons. The molecule has 1 aliphatic rings. The van der Waals surface area contributed by atoms with E-state index in [1.54, 1.807) is 0 Å². The highest BCUT2D eigenvalue weighted by Crippen LogP contribution is 2.42. The van der Waals surface area contributed by atoms with Crippen molar-refractivity contribution in [1.82, 2.24) is 14.8 Å². The van der Waals surface area contributed by atoms with Gasteiger partial charge >= 0.3 is 0 Å². The van der Waals surface area contributed by atoms with E-state index in [1.165, 1.54) is 24.6 Å². The number of nitrogens with one attached hydrogen (secondary N) is 1. The largest absolute Gasteiger partial charge is 0.325 e. The first-order chi connectivity index (χ1) is 14.1. The Morgan fingerprint density at radius 3 is 2.62 bits per heavy atom. The van der Waals surface area contributed by atoms with Crippen LogP contribution in [0.25, 0.3) is 0 Å². The van der Waals surface area contributed by atoms with Gasteiger partial charge in [-0.1, -0.05) is 54.2 Å². The molecule has 1 saturated carbocycles. The van der Waals surface area contributed by atoms with E-state index < -0.39 is 5.25 Å². The number of amides is 1. The Morgan fingerprint density at radius 2 is 1.93 bits per heavy atom. The fourth-order valence-corrected chi connectivity index (χ4v) is 4.51. The van der Waals surface area contributed by atoms with Gasteiger partial charge in [0.25, 0.3) is 0 Å². The van der Waals surface area contributed by atoms with Crippen LogP contribution < -0.4 is 5.32 Å². The van der Waals surface area contributed by atoms with Crippen LogP contribution >= 0.6 is 11.8 Å². The molecule has 3 aromatic rings. The number of aryl methyl sites for hydroxylation is 2. The van der Waals surface area contributed by atoms with Crippen LogP contribution in [0.3, 0.4) is 0 Å². The minimum atomic E-state index is -0.405. The second kappa shape index (κ2) is 8.41. The molecule has 1 amide bonds. The van der Waals surface area contributed by atoms with E-state index in [0.717, 1.165) is 39.9 Å². The van der Waals surface area contributed by atoms with Crippen molar-refractivity contribution >= 4 is 23.4 Å². The normalized spacial score (nSPS) is 14.6. The van der Waals surface area contributed by atoms with Gasteiger partial charge in [0, 0.05) is 18.2 Å². The average Bonchev–Trinajstić information content (AvgIpc) is 3.49.